The van der Waals surface area contributed by atoms with Gasteiger partial charge >= 0.3 is 0 Å². The van der Waals surface area contributed by atoms with Crippen LogP contribution in [0.4, 0.5) is 0 Å². The Kier molecular flexibility index (Phi) is 7.47. The van der Waals surface area contributed by atoms with Crippen LogP contribution in [0.15, 0.2) is 70.5 Å². The summed E-state index contributed by atoms with van der Waals surface area (Å²) in [6.07, 6.45) is 1.27. The SMILES string of the molecule is COc1cccc(C=C(C#N)S(=O)(=O)c2ccc(C)cc2)c1OCc1ccc(Cl)cc1Cl. The minimum absolute atomic E-state index is 0.0363. The third-order valence-corrected chi connectivity index (χ3v) is 6.90. The van der Waals surface area contributed by atoms with Crippen LogP contribution in [0.5, 0.6) is 11.5 Å². The third-order valence-electron chi connectivity index (χ3n) is 4.63. The lowest BCUT2D eigenvalue weighted by molar-refractivity contribution is 0.284. The molecule has 0 radical (unpaired) electrons. The number of sulfone groups is 1. The second kappa shape index (κ2) is 10.1. The van der Waals surface area contributed by atoms with Crippen LogP contribution in [0.3, 0.4) is 0 Å². The zero-order valence-corrected chi connectivity index (χ0v) is 19.6. The van der Waals surface area contributed by atoms with Crippen LogP contribution in [0, 0.1) is 18.3 Å². The first kappa shape index (κ1) is 23.7. The lowest BCUT2D eigenvalue weighted by atomic mass is 10.1. The van der Waals surface area contributed by atoms with E-state index < -0.39 is 14.7 Å². The Hall–Kier alpha value is -2.98. The highest BCUT2D eigenvalue weighted by atomic mass is 35.5. The molecule has 8 heteroatoms. The average molecular weight is 488 g/mol. The van der Waals surface area contributed by atoms with Crippen molar-refractivity contribution in [2.75, 3.05) is 7.11 Å². The Balaban J connectivity index is 2.02. The van der Waals surface area contributed by atoms with Gasteiger partial charge in [-0.25, -0.2) is 8.42 Å². The molecule has 0 saturated heterocycles. The molecule has 0 unspecified atom stereocenters. The molecule has 0 aliphatic heterocycles. The molecule has 3 aromatic carbocycles. The lowest BCUT2D eigenvalue weighted by Crippen LogP contribution is -2.04. The standard InChI is InChI=1S/C24H19Cl2NO4S/c1-16-6-10-20(11-7-16)32(28,29)21(14-27)12-17-4-3-5-23(30-2)24(17)31-15-18-8-9-19(25)13-22(18)26/h3-13H,15H2,1-2H3. The van der Waals surface area contributed by atoms with Crippen molar-refractivity contribution in [2.24, 2.45) is 0 Å². The van der Waals surface area contributed by atoms with E-state index in [1.54, 1.807) is 54.6 Å². The van der Waals surface area contributed by atoms with Gasteiger partial charge in [0.2, 0.25) is 9.84 Å². The van der Waals surface area contributed by atoms with E-state index in [0.717, 1.165) is 5.56 Å². The van der Waals surface area contributed by atoms with Crippen molar-refractivity contribution in [3.8, 4) is 17.6 Å². The molecule has 164 valence electrons. The fraction of sp³-hybridized carbons (Fsp3) is 0.125. The molecule has 3 aromatic rings. The summed E-state index contributed by atoms with van der Waals surface area (Å²) in [6.45, 7) is 1.94. The summed E-state index contributed by atoms with van der Waals surface area (Å²) in [5, 5.41) is 10.6. The predicted octanol–water partition coefficient (Wildman–Crippen LogP) is 6.23. The van der Waals surface area contributed by atoms with Gasteiger partial charge < -0.3 is 9.47 Å². The molecule has 0 amide bonds. The summed E-state index contributed by atoms with van der Waals surface area (Å²) in [5.41, 5.74) is 1.97. The quantitative estimate of drug-likeness (QED) is 0.369. The molecule has 0 N–H and O–H groups in total. The van der Waals surface area contributed by atoms with Crippen LogP contribution in [0.2, 0.25) is 10.0 Å². The van der Waals surface area contributed by atoms with E-state index in [0.29, 0.717) is 26.9 Å². The molecule has 0 aliphatic carbocycles. The van der Waals surface area contributed by atoms with Gasteiger partial charge in [-0.1, -0.05) is 59.1 Å². The molecule has 0 fully saturated rings. The second-order valence-electron chi connectivity index (χ2n) is 6.84. The Morgan fingerprint density at radius 3 is 2.44 bits per heavy atom. The first-order chi connectivity index (χ1) is 15.3. The van der Waals surface area contributed by atoms with Gasteiger partial charge in [-0.05, 0) is 43.3 Å². The molecule has 32 heavy (non-hydrogen) atoms. The van der Waals surface area contributed by atoms with E-state index in [9.17, 15) is 13.7 Å². The van der Waals surface area contributed by atoms with Crippen molar-refractivity contribution < 1.29 is 17.9 Å². The second-order valence-corrected chi connectivity index (χ2v) is 9.60. The first-order valence-corrected chi connectivity index (χ1v) is 11.7. The number of nitrogens with zero attached hydrogens (tertiary/aromatic N) is 1. The highest BCUT2D eigenvalue weighted by molar-refractivity contribution is 7.95. The van der Waals surface area contributed by atoms with Gasteiger partial charge in [0.05, 0.1) is 12.0 Å². The number of nitriles is 1. The van der Waals surface area contributed by atoms with Crippen LogP contribution in [0.25, 0.3) is 6.08 Å². The molecule has 3 rings (SSSR count). The number of para-hydroxylation sites is 1. The van der Waals surface area contributed by atoms with Crippen LogP contribution >= 0.6 is 23.2 Å². The number of rotatable bonds is 7. The fourth-order valence-corrected chi connectivity index (χ4v) is 4.52. The number of benzene rings is 3. The first-order valence-electron chi connectivity index (χ1n) is 9.43. The molecule has 0 spiro atoms. The van der Waals surface area contributed by atoms with E-state index >= 15 is 0 Å². The molecule has 0 bridgehead atoms. The van der Waals surface area contributed by atoms with Gasteiger partial charge in [-0.15, -0.1) is 0 Å². The average Bonchev–Trinajstić information content (AvgIpc) is 2.77. The lowest BCUT2D eigenvalue weighted by Gasteiger charge is -2.14. The summed E-state index contributed by atoms with van der Waals surface area (Å²) < 4.78 is 37.3. The monoisotopic (exact) mass is 487 g/mol. The molecule has 0 saturated carbocycles. The molecule has 0 aliphatic rings. The fourth-order valence-electron chi connectivity index (χ4n) is 2.91. The van der Waals surface area contributed by atoms with E-state index in [1.807, 2.05) is 6.92 Å². The maximum Gasteiger partial charge on any atom is 0.216 e. The van der Waals surface area contributed by atoms with Crippen molar-refractivity contribution in [2.45, 2.75) is 18.4 Å². The van der Waals surface area contributed by atoms with Crippen molar-refractivity contribution in [1.82, 2.24) is 0 Å². The molecule has 0 heterocycles. The summed E-state index contributed by atoms with van der Waals surface area (Å²) in [4.78, 5) is -0.377. The van der Waals surface area contributed by atoms with Gasteiger partial charge in [0.25, 0.3) is 0 Å². The zero-order valence-electron chi connectivity index (χ0n) is 17.3. The highest BCUT2D eigenvalue weighted by Gasteiger charge is 2.22. The van der Waals surface area contributed by atoms with E-state index in [-0.39, 0.29) is 17.3 Å². The van der Waals surface area contributed by atoms with Crippen LogP contribution in [-0.4, -0.2) is 15.5 Å². The third kappa shape index (κ3) is 5.25. The summed E-state index contributed by atoms with van der Waals surface area (Å²) in [5.74, 6) is 0.668. The minimum atomic E-state index is -4.01. The maximum atomic E-state index is 13.0. The van der Waals surface area contributed by atoms with Crippen molar-refractivity contribution in [3.05, 3.63) is 92.3 Å². The molecule has 5 nitrogen and oxygen atoms in total. The van der Waals surface area contributed by atoms with E-state index in [4.69, 9.17) is 32.7 Å². The Labute approximate surface area is 197 Å². The van der Waals surface area contributed by atoms with Gasteiger partial charge in [0.15, 0.2) is 11.5 Å². The summed E-state index contributed by atoms with van der Waals surface area (Å²) in [6, 6.07) is 18.1. The number of allylic oxidation sites excluding steroid dienone is 1. The predicted molar refractivity (Wildman–Crippen MR) is 126 cm³/mol. The largest absolute Gasteiger partial charge is 0.493 e. The number of hydrogen-bond donors (Lipinski definition) is 0. The molecule has 0 atom stereocenters. The van der Waals surface area contributed by atoms with E-state index in [1.165, 1.54) is 25.3 Å². The van der Waals surface area contributed by atoms with Crippen molar-refractivity contribution >= 4 is 39.1 Å². The van der Waals surface area contributed by atoms with Crippen LogP contribution in [0.1, 0.15) is 16.7 Å². The van der Waals surface area contributed by atoms with Gasteiger partial charge in [-0.2, -0.15) is 5.26 Å². The number of methoxy groups -OCH3 is 1. The van der Waals surface area contributed by atoms with Crippen molar-refractivity contribution in [3.63, 3.8) is 0 Å². The zero-order chi connectivity index (χ0) is 23.3. The topological polar surface area (TPSA) is 76.4 Å². The Morgan fingerprint density at radius 1 is 1.09 bits per heavy atom. The minimum Gasteiger partial charge on any atom is -0.493 e. The number of hydrogen-bond acceptors (Lipinski definition) is 5. The molecule has 0 aromatic heterocycles. The van der Waals surface area contributed by atoms with Crippen LogP contribution in [-0.2, 0) is 16.4 Å². The van der Waals surface area contributed by atoms with Crippen LogP contribution < -0.4 is 9.47 Å². The molecular weight excluding hydrogens is 469 g/mol. The highest BCUT2D eigenvalue weighted by Crippen LogP contribution is 2.35. The smallest absolute Gasteiger partial charge is 0.216 e. The summed E-state index contributed by atoms with van der Waals surface area (Å²) >= 11 is 12.2. The Morgan fingerprint density at radius 2 is 1.81 bits per heavy atom. The maximum absolute atomic E-state index is 13.0. The van der Waals surface area contributed by atoms with Gasteiger partial charge in [0, 0.05) is 21.2 Å². The Bertz CT molecular complexity index is 1310. The van der Waals surface area contributed by atoms with E-state index in [2.05, 4.69) is 0 Å². The number of ether oxygens (including phenoxy) is 2. The van der Waals surface area contributed by atoms with Gasteiger partial charge in [-0.3, -0.25) is 0 Å². The number of halogens is 2. The number of aryl methyl sites for hydroxylation is 1. The van der Waals surface area contributed by atoms with Crippen molar-refractivity contribution in [1.29, 1.82) is 5.26 Å². The normalized spacial score (nSPS) is 11.7. The summed E-state index contributed by atoms with van der Waals surface area (Å²) in [7, 11) is -2.54. The molecular formula is C24H19Cl2NO4S. The van der Waals surface area contributed by atoms with Gasteiger partial charge in [0.1, 0.15) is 17.6 Å².